The molecule has 3 rings (SSSR count). The van der Waals surface area contributed by atoms with Crippen molar-refractivity contribution < 1.29 is 23.9 Å². The molecule has 2 saturated heterocycles. The van der Waals surface area contributed by atoms with Gasteiger partial charge in [0, 0.05) is 38.8 Å². The van der Waals surface area contributed by atoms with Gasteiger partial charge in [0.05, 0.1) is 18.3 Å². The smallest absolute Gasteiger partial charge is 0.314 e. The highest BCUT2D eigenvalue weighted by Gasteiger charge is 2.27. The Morgan fingerprint density at radius 3 is 2.61 bits per heavy atom. The van der Waals surface area contributed by atoms with E-state index in [1.165, 1.54) is 4.90 Å². The number of carbonyl (C=O) groups excluding carboxylic acids is 3. The SMILES string of the molecule is CCC(C)NC(=O)CN1CCN(C(=O)C(=O)Nc2ccccc2OCC2CCCCO2)CC1. The number of piperazine rings is 1. The van der Waals surface area contributed by atoms with Crippen LogP contribution >= 0.6 is 0 Å². The molecule has 9 heteroatoms. The normalized spacial score (nSPS) is 20.1. The Kier molecular flexibility index (Phi) is 9.50. The number of anilines is 1. The van der Waals surface area contributed by atoms with E-state index in [2.05, 4.69) is 10.6 Å². The van der Waals surface area contributed by atoms with Gasteiger partial charge in [0.1, 0.15) is 12.4 Å². The number of benzene rings is 1. The van der Waals surface area contributed by atoms with Crippen LogP contribution < -0.4 is 15.4 Å². The molecular formula is C24H36N4O5. The maximum absolute atomic E-state index is 12.7. The van der Waals surface area contributed by atoms with Gasteiger partial charge in [-0.2, -0.15) is 0 Å². The summed E-state index contributed by atoms with van der Waals surface area (Å²) in [6, 6.07) is 7.24. The third-order valence-electron chi connectivity index (χ3n) is 6.07. The van der Waals surface area contributed by atoms with Crippen molar-refractivity contribution in [1.82, 2.24) is 15.1 Å². The van der Waals surface area contributed by atoms with Crippen molar-refractivity contribution in [2.75, 3.05) is 51.3 Å². The summed E-state index contributed by atoms with van der Waals surface area (Å²) < 4.78 is 11.6. The van der Waals surface area contributed by atoms with Crippen LogP contribution in [0.3, 0.4) is 0 Å². The molecule has 0 aromatic heterocycles. The van der Waals surface area contributed by atoms with Crippen molar-refractivity contribution in [3.8, 4) is 5.75 Å². The lowest BCUT2D eigenvalue weighted by molar-refractivity contribution is -0.144. The minimum atomic E-state index is -0.692. The zero-order valence-electron chi connectivity index (χ0n) is 19.7. The van der Waals surface area contributed by atoms with Crippen LogP contribution in [-0.4, -0.2) is 85.6 Å². The van der Waals surface area contributed by atoms with Crippen LogP contribution in [0.15, 0.2) is 24.3 Å². The third kappa shape index (κ3) is 7.71. The summed E-state index contributed by atoms with van der Waals surface area (Å²) in [5, 5.41) is 5.64. The van der Waals surface area contributed by atoms with Crippen molar-refractivity contribution >= 4 is 23.4 Å². The first-order chi connectivity index (χ1) is 16.0. The van der Waals surface area contributed by atoms with Crippen molar-refractivity contribution in [1.29, 1.82) is 0 Å². The summed E-state index contributed by atoms with van der Waals surface area (Å²) in [6.07, 6.45) is 4.08. The van der Waals surface area contributed by atoms with Crippen LogP contribution in [0, 0.1) is 0 Å². The van der Waals surface area contributed by atoms with E-state index >= 15 is 0 Å². The van der Waals surface area contributed by atoms with Gasteiger partial charge < -0.3 is 25.0 Å². The number of ether oxygens (including phenoxy) is 2. The number of nitrogens with zero attached hydrogens (tertiary/aromatic N) is 2. The Hall–Kier alpha value is -2.65. The lowest BCUT2D eigenvalue weighted by Gasteiger charge is -2.34. The molecule has 2 unspecified atom stereocenters. The second-order valence-electron chi connectivity index (χ2n) is 8.70. The predicted octanol–water partition coefficient (Wildman–Crippen LogP) is 1.63. The Labute approximate surface area is 195 Å². The fourth-order valence-electron chi connectivity index (χ4n) is 3.87. The van der Waals surface area contributed by atoms with E-state index in [9.17, 15) is 14.4 Å². The monoisotopic (exact) mass is 460 g/mol. The van der Waals surface area contributed by atoms with E-state index in [0.29, 0.717) is 50.8 Å². The van der Waals surface area contributed by atoms with Gasteiger partial charge in [-0.1, -0.05) is 19.1 Å². The van der Waals surface area contributed by atoms with Crippen molar-refractivity contribution in [3.63, 3.8) is 0 Å². The molecule has 9 nitrogen and oxygen atoms in total. The van der Waals surface area contributed by atoms with Gasteiger partial charge in [0.15, 0.2) is 0 Å². The lowest BCUT2D eigenvalue weighted by Crippen LogP contribution is -2.53. The topological polar surface area (TPSA) is 100 Å². The Morgan fingerprint density at radius 2 is 1.91 bits per heavy atom. The quantitative estimate of drug-likeness (QED) is 0.572. The van der Waals surface area contributed by atoms with Gasteiger partial charge in [0.2, 0.25) is 5.91 Å². The van der Waals surface area contributed by atoms with E-state index < -0.39 is 11.8 Å². The number of nitrogens with one attached hydrogen (secondary N) is 2. The summed E-state index contributed by atoms with van der Waals surface area (Å²) in [4.78, 5) is 40.9. The van der Waals surface area contributed by atoms with Crippen LogP contribution in [-0.2, 0) is 19.1 Å². The van der Waals surface area contributed by atoms with Gasteiger partial charge in [-0.15, -0.1) is 0 Å². The zero-order valence-corrected chi connectivity index (χ0v) is 19.7. The highest BCUT2D eigenvalue weighted by molar-refractivity contribution is 6.39. The van der Waals surface area contributed by atoms with E-state index in [1.54, 1.807) is 18.2 Å². The highest BCUT2D eigenvalue weighted by atomic mass is 16.5. The molecule has 2 atom stereocenters. The van der Waals surface area contributed by atoms with Crippen LogP contribution in [0.4, 0.5) is 5.69 Å². The summed E-state index contributed by atoms with van der Waals surface area (Å²) >= 11 is 0. The minimum absolute atomic E-state index is 0.0166. The molecule has 182 valence electrons. The number of amides is 3. The summed E-state index contributed by atoms with van der Waals surface area (Å²) in [6.45, 7) is 7.36. The number of hydrogen-bond donors (Lipinski definition) is 2. The van der Waals surface area contributed by atoms with E-state index in [0.717, 1.165) is 32.3 Å². The van der Waals surface area contributed by atoms with Gasteiger partial charge in [-0.3, -0.25) is 19.3 Å². The lowest BCUT2D eigenvalue weighted by atomic mass is 10.1. The van der Waals surface area contributed by atoms with Gasteiger partial charge >= 0.3 is 11.8 Å². The fourth-order valence-corrected chi connectivity index (χ4v) is 3.87. The standard InChI is InChI=1S/C24H36N4O5/c1-3-18(2)25-22(29)16-27-11-13-28(14-12-27)24(31)23(30)26-20-9-4-5-10-21(20)33-17-19-8-6-7-15-32-19/h4-5,9-10,18-19H,3,6-8,11-17H2,1-2H3,(H,25,29)(H,26,30). The largest absolute Gasteiger partial charge is 0.489 e. The van der Waals surface area contributed by atoms with Gasteiger partial charge in [0.25, 0.3) is 0 Å². The molecule has 2 aliphatic heterocycles. The van der Waals surface area contributed by atoms with Crippen LogP contribution in [0.1, 0.15) is 39.5 Å². The predicted molar refractivity (Wildman–Crippen MR) is 125 cm³/mol. The van der Waals surface area contributed by atoms with Crippen molar-refractivity contribution in [3.05, 3.63) is 24.3 Å². The maximum Gasteiger partial charge on any atom is 0.314 e. The first kappa shape index (κ1) is 25.0. The van der Waals surface area contributed by atoms with Crippen molar-refractivity contribution in [2.45, 2.75) is 51.7 Å². The van der Waals surface area contributed by atoms with Gasteiger partial charge in [-0.25, -0.2) is 0 Å². The second kappa shape index (κ2) is 12.6. The molecule has 0 spiro atoms. The summed E-state index contributed by atoms with van der Waals surface area (Å²) in [5.74, 6) is -0.769. The first-order valence-corrected chi connectivity index (χ1v) is 11.9. The number of rotatable bonds is 8. The molecule has 1 aromatic rings. The molecule has 1 aromatic carbocycles. The summed E-state index contributed by atoms with van der Waals surface area (Å²) in [5.41, 5.74) is 0.465. The number of hydrogen-bond acceptors (Lipinski definition) is 6. The molecule has 0 bridgehead atoms. The second-order valence-corrected chi connectivity index (χ2v) is 8.70. The molecule has 2 aliphatic rings. The Morgan fingerprint density at radius 1 is 1.15 bits per heavy atom. The zero-order chi connectivity index (χ0) is 23.6. The van der Waals surface area contributed by atoms with Crippen LogP contribution in [0.5, 0.6) is 5.75 Å². The Balaban J connectivity index is 1.46. The van der Waals surface area contributed by atoms with Crippen LogP contribution in [0.25, 0.3) is 0 Å². The third-order valence-corrected chi connectivity index (χ3v) is 6.07. The number of carbonyl (C=O) groups is 3. The summed E-state index contributed by atoms with van der Waals surface area (Å²) in [7, 11) is 0. The molecular weight excluding hydrogens is 424 g/mol. The maximum atomic E-state index is 12.7. The van der Waals surface area contributed by atoms with E-state index in [-0.39, 0.29) is 18.1 Å². The highest BCUT2D eigenvalue weighted by Crippen LogP contribution is 2.25. The molecule has 33 heavy (non-hydrogen) atoms. The van der Waals surface area contributed by atoms with Gasteiger partial charge in [-0.05, 0) is 44.7 Å². The molecule has 0 radical (unpaired) electrons. The molecule has 2 fully saturated rings. The molecule has 0 aliphatic carbocycles. The van der Waals surface area contributed by atoms with E-state index in [1.807, 2.05) is 24.8 Å². The van der Waals surface area contributed by atoms with Crippen molar-refractivity contribution in [2.24, 2.45) is 0 Å². The molecule has 0 saturated carbocycles. The first-order valence-electron chi connectivity index (χ1n) is 11.9. The molecule has 2 heterocycles. The molecule has 3 amide bonds. The average Bonchev–Trinajstić information content (AvgIpc) is 2.84. The van der Waals surface area contributed by atoms with E-state index in [4.69, 9.17) is 9.47 Å². The number of para-hydroxylation sites is 2. The Bertz CT molecular complexity index is 804. The fraction of sp³-hybridized carbons (Fsp3) is 0.625. The average molecular weight is 461 g/mol. The van der Waals surface area contributed by atoms with Crippen LogP contribution in [0.2, 0.25) is 0 Å². The molecule has 2 N–H and O–H groups in total. The minimum Gasteiger partial charge on any atom is -0.489 e.